The SMILES string of the molecule is CP(Br)(c1ccccc1)(c1ccccc1)c1ccccc1OCc1ccccc1. The molecule has 0 aliphatic rings. The zero-order valence-electron chi connectivity index (χ0n) is 16.4. The summed E-state index contributed by atoms with van der Waals surface area (Å²) < 4.78 is 6.38. The molecule has 1 nitrogen and oxygen atoms in total. The molecule has 4 rings (SSSR count). The summed E-state index contributed by atoms with van der Waals surface area (Å²) in [7, 11) is 0. The van der Waals surface area contributed by atoms with Gasteiger partial charge in [-0.15, -0.1) is 0 Å². The van der Waals surface area contributed by atoms with Crippen LogP contribution in [0, 0.1) is 0 Å². The fourth-order valence-electron chi connectivity index (χ4n) is 3.75. The number of rotatable bonds is 6. The quantitative estimate of drug-likeness (QED) is 0.317. The minimum atomic E-state index is -2.88. The van der Waals surface area contributed by atoms with E-state index in [9.17, 15) is 0 Å². The Kier molecular flexibility index (Phi) is 5.58. The third kappa shape index (κ3) is 3.75. The second-order valence-corrected chi connectivity index (χ2v) is 17.0. The van der Waals surface area contributed by atoms with Crippen molar-refractivity contribution in [1.82, 2.24) is 0 Å². The monoisotopic (exact) mass is 462 g/mol. The van der Waals surface area contributed by atoms with Gasteiger partial charge in [-0.05, 0) is 0 Å². The molecule has 0 spiro atoms. The Bertz CT molecular complexity index is 1040. The zero-order valence-corrected chi connectivity index (χ0v) is 18.9. The van der Waals surface area contributed by atoms with E-state index >= 15 is 0 Å². The zero-order chi connectivity index (χ0) is 20.2. The Hall–Kier alpha value is -2.41. The van der Waals surface area contributed by atoms with Crippen LogP contribution in [0.3, 0.4) is 0 Å². The molecule has 0 saturated carbocycles. The molecule has 0 heterocycles. The van der Waals surface area contributed by atoms with Crippen molar-refractivity contribution in [2.75, 3.05) is 6.66 Å². The molecular weight excluding hydrogens is 439 g/mol. The average Bonchev–Trinajstić information content (AvgIpc) is 2.80. The van der Waals surface area contributed by atoms with Crippen LogP contribution in [-0.4, -0.2) is 6.66 Å². The molecule has 3 heteroatoms. The summed E-state index contributed by atoms with van der Waals surface area (Å²) in [5.74, 6) is 0.918. The van der Waals surface area contributed by atoms with Gasteiger partial charge in [0.15, 0.2) is 0 Å². The Morgan fingerprint density at radius 3 is 1.62 bits per heavy atom. The van der Waals surface area contributed by atoms with E-state index in [1.165, 1.54) is 15.9 Å². The summed E-state index contributed by atoms with van der Waals surface area (Å²) >= 11 is 4.34. The summed E-state index contributed by atoms with van der Waals surface area (Å²) in [6.07, 6.45) is 0. The topological polar surface area (TPSA) is 9.23 Å². The van der Waals surface area contributed by atoms with Crippen molar-refractivity contribution in [3.05, 3.63) is 121 Å². The van der Waals surface area contributed by atoms with Crippen LogP contribution in [-0.2, 0) is 6.61 Å². The summed E-state index contributed by atoms with van der Waals surface area (Å²) in [5, 5.41) is 0.876. The molecule has 0 aliphatic carbocycles. The molecule has 0 N–H and O–H groups in total. The molecule has 29 heavy (non-hydrogen) atoms. The van der Waals surface area contributed by atoms with Gasteiger partial charge in [0.1, 0.15) is 0 Å². The van der Waals surface area contributed by atoms with Gasteiger partial charge < -0.3 is 0 Å². The molecule has 146 valence electrons. The Morgan fingerprint density at radius 2 is 1.07 bits per heavy atom. The number of hydrogen-bond acceptors (Lipinski definition) is 1. The average molecular weight is 463 g/mol. The number of hydrogen-bond donors (Lipinski definition) is 0. The third-order valence-corrected chi connectivity index (χ3v) is 13.6. The van der Waals surface area contributed by atoms with Gasteiger partial charge in [-0.2, -0.15) is 0 Å². The van der Waals surface area contributed by atoms with E-state index < -0.39 is 5.31 Å². The van der Waals surface area contributed by atoms with Crippen molar-refractivity contribution in [1.29, 1.82) is 0 Å². The van der Waals surface area contributed by atoms with Crippen molar-refractivity contribution < 1.29 is 4.74 Å². The molecule has 0 unspecified atom stereocenters. The van der Waals surface area contributed by atoms with Gasteiger partial charge in [0.25, 0.3) is 0 Å². The number of para-hydroxylation sites is 1. The van der Waals surface area contributed by atoms with Gasteiger partial charge in [-0.25, -0.2) is 0 Å². The number of halogens is 1. The van der Waals surface area contributed by atoms with Crippen LogP contribution in [0.2, 0.25) is 0 Å². The van der Waals surface area contributed by atoms with Gasteiger partial charge in [-0.3, -0.25) is 0 Å². The Labute approximate surface area is 181 Å². The van der Waals surface area contributed by atoms with Gasteiger partial charge in [0, 0.05) is 0 Å². The Balaban J connectivity index is 1.87. The summed E-state index contributed by atoms with van der Waals surface area (Å²) in [6, 6.07) is 40.2. The van der Waals surface area contributed by atoms with Crippen molar-refractivity contribution in [3.8, 4) is 5.75 Å². The third-order valence-electron chi connectivity index (χ3n) is 5.42. The van der Waals surface area contributed by atoms with Crippen molar-refractivity contribution in [3.63, 3.8) is 0 Å². The molecule has 0 fully saturated rings. The van der Waals surface area contributed by atoms with Crippen molar-refractivity contribution in [2.24, 2.45) is 0 Å². The first-order valence-corrected chi connectivity index (χ1v) is 14.4. The van der Waals surface area contributed by atoms with Crippen LogP contribution in [0.1, 0.15) is 5.56 Å². The molecule has 0 aromatic heterocycles. The Morgan fingerprint density at radius 1 is 0.621 bits per heavy atom. The van der Waals surface area contributed by atoms with Crippen LogP contribution >= 0.6 is 20.8 Å². The molecule has 0 aliphatic heterocycles. The van der Waals surface area contributed by atoms with E-state index in [4.69, 9.17) is 4.74 Å². The van der Waals surface area contributed by atoms with E-state index in [-0.39, 0.29) is 0 Å². The summed E-state index contributed by atoms with van der Waals surface area (Å²) in [4.78, 5) is 0. The molecule has 0 bridgehead atoms. The van der Waals surface area contributed by atoms with Gasteiger partial charge in [-0.1, -0.05) is 0 Å². The van der Waals surface area contributed by atoms with E-state index in [2.05, 4.69) is 113 Å². The molecule has 4 aromatic rings. The number of benzene rings is 4. The fraction of sp³-hybridized carbons (Fsp3) is 0.0769. The maximum atomic E-state index is 6.38. The molecule has 0 radical (unpaired) electrons. The van der Waals surface area contributed by atoms with Crippen LogP contribution in [0.15, 0.2) is 115 Å². The number of ether oxygens (including phenoxy) is 1. The normalized spacial score (nSPS) is 12.7. The van der Waals surface area contributed by atoms with E-state index in [1.807, 2.05) is 24.3 Å². The van der Waals surface area contributed by atoms with Gasteiger partial charge >= 0.3 is 181 Å². The first-order chi connectivity index (χ1) is 14.1. The second kappa shape index (κ2) is 8.14. The van der Waals surface area contributed by atoms with Crippen molar-refractivity contribution in [2.45, 2.75) is 6.61 Å². The second-order valence-electron chi connectivity index (χ2n) is 7.34. The van der Waals surface area contributed by atoms with Gasteiger partial charge in [0.2, 0.25) is 0 Å². The summed E-state index contributed by atoms with van der Waals surface area (Å²) in [6.45, 7) is 2.89. The van der Waals surface area contributed by atoms with Crippen molar-refractivity contribution >= 4 is 36.7 Å². The predicted octanol–water partition coefficient (Wildman–Crippen LogP) is 6.03. The van der Waals surface area contributed by atoms with Crippen LogP contribution in [0.5, 0.6) is 5.75 Å². The molecule has 0 saturated heterocycles. The minimum absolute atomic E-state index is 0.543. The van der Waals surface area contributed by atoms with Gasteiger partial charge in [0.05, 0.1) is 0 Å². The van der Waals surface area contributed by atoms with Crippen LogP contribution in [0.25, 0.3) is 0 Å². The first-order valence-electron chi connectivity index (χ1n) is 9.69. The molecule has 0 atom stereocenters. The summed E-state index contributed by atoms with van der Waals surface area (Å²) in [5.41, 5.74) is 1.16. The predicted molar refractivity (Wildman–Crippen MR) is 131 cm³/mol. The van der Waals surface area contributed by atoms with E-state index in [0.717, 1.165) is 11.3 Å². The van der Waals surface area contributed by atoms with E-state index in [0.29, 0.717) is 6.61 Å². The molecule has 0 amide bonds. The first kappa shape index (κ1) is 19.9. The molecular formula is C26H24BrOP. The molecule has 4 aromatic carbocycles. The fourth-order valence-corrected chi connectivity index (χ4v) is 9.76. The van der Waals surface area contributed by atoms with E-state index in [1.54, 1.807) is 0 Å². The van der Waals surface area contributed by atoms with Crippen LogP contribution < -0.4 is 20.7 Å². The maximum absolute atomic E-state index is 6.38. The standard InChI is InChI=1S/C26H24BrOP/c1-29(27,23-15-7-3-8-16-23,24-17-9-4-10-18-24)26-20-12-11-19-25(26)28-21-22-13-5-2-6-14-22/h2-20H,21H2,1H3. The van der Waals surface area contributed by atoms with Crippen LogP contribution in [0.4, 0.5) is 0 Å².